The number of hydrogen-bond donors (Lipinski definition) is 2. The second-order valence-electron chi connectivity index (χ2n) is 9.83. The van der Waals surface area contributed by atoms with Crippen LogP contribution in [-0.4, -0.2) is 69.2 Å². The average molecular weight is 639 g/mol. The van der Waals surface area contributed by atoms with E-state index in [1.807, 2.05) is 4.90 Å². The molecule has 0 saturated carbocycles. The van der Waals surface area contributed by atoms with Gasteiger partial charge in [-0.05, 0) is 36.2 Å². The molecule has 16 heteroatoms. The number of nitrogens with two attached hydrogens (primary N) is 1. The number of halogens is 5. The van der Waals surface area contributed by atoms with Crippen LogP contribution in [-0.2, 0) is 20.9 Å². The molecule has 44 heavy (non-hydrogen) atoms. The fourth-order valence-electron chi connectivity index (χ4n) is 4.81. The Balaban J connectivity index is 1.71. The minimum atomic E-state index is -4.78. The molecule has 3 heterocycles. The molecule has 0 bridgehead atoms. The van der Waals surface area contributed by atoms with Crippen molar-refractivity contribution < 1.29 is 39.8 Å². The summed E-state index contributed by atoms with van der Waals surface area (Å²) in [5.74, 6) is -1.68. The number of methoxy groups -OCH3 is 1. The summed E-state index contributed by atoms with van der Waals surface area (Å²) in [5.41, 5.74) is 4.16. The lowest BCUT2D eigenvalue weighted by Gasteiger charge is -2.29. The number of ether oxygens (including phenoxy) is 2. The molecule has 1 aliphatic rings. The van der Waals surface area contributed by atoms with E-state index in [1.165, 1.54) is 31.4 Å². The number of anilines is 3. The Morgan fingerprint density at radius 3 is 2.55 bits per heavy atom. The Bertz CT molecular complexity index is 1800. The van der Waals surface area contributed by atoms with Crippen molar-refractivity contribution in [1.29, 1.82) is 0 Å². The highest BCUT2D eigenvalue weighted by Gasteiger charge is 2.36. The summed E-state index contributed by atoms with van der Waals surface area (Å²) in [4.78, 5) is 14.6. The predicted molar refractivity (Wildman–Crippen MR) is 155 cm³/mol. The number of morpholine rings is 1. The van der Waals surface area contributed by atoms with Gasteiger partial charge < -0.3 is 20.1 Å². The maximum atomic E-state index is 15.8. The third kappa shape index (κ3) is 6.45. The fourth-order valence-corrected chi connectivity index (χ4v) is 5.90. The van der Waals surface area contributed by atoms with E-state index in [0.29, 0.717) is 37.8 Å². The molecule has 1 aliphatic heterocycles. The number of fused-ring (bicyclic) bond motifs is 1. The van der Waals surface area contributed by atoms with Crippen LogP contribution in [0.25, 0.3) is 33.4 Å². The van der Waals surface area contributed by atoms with Crippen molar-refractivity contribution in [2.45, 2.75) is 12.6 Å². The molecule has 0 atom stereocenters. The topological polar surface area (TPSA) is 133 Å². The molecule has 2 aromatic heterocycles. The van der Waals surface area contributed by atoms with Gasteiger partial charge in [-0.2, -0.15) is 13.2 Å². The van der Waals surface area contributed by atoms with E-state index in [-0.39, 0.29) is 52.0 Å². The number of rotatable bonds is 9. The third-order valence-corrected chi connectivity index (χ3v) is 8.23. The Hall–Kier alpha value is -4.31. The quantitative estimate of drug-likeness (QED) is 0.242. The van der Waals surface area contributed by atoms with Crippen molar-refractivity contribution in [2.75, 3.05) is 61.2 Å². The number of benzene rings is 2. The van der Waals surface area contributed by atoms with Crippen molar-refractivity contribution in [1.82, 2.24) is 15.0 Å². The molecule has 4 aromatic rings. The molecule has 0 radical (unpaired) electrons. The van der Waals surface area contributed by atoms with Gasteiger partial charge in [0, 0.05) is 35.8 Å². The minimum Gasteiger partial charge on any atom is -0.494 e. The van der Waals surface area contributed by atoms with Gasteiger partial charge in [0.2, 0.25) is 10.0 Å². The minimum absolute atomic E-state index is 0.00464. The molecule has 0 unspecified atom stereocenters. The number of pyridine rings is 1. The van der Waals surface area contributed by atoms with Gasteiger partial charge >= 0.3 is 6.18 Å². The standard InChI is InChI=1S/C28H27F5N6O4S/c1-42-22-13-16(17-4-2-5-21(24(17)30)38-44(40,41)11-3-6-29)12-18-25(22)36-26(37-27(18)39-7-9-43-10-8-39)19-15-35-23(34)14-20(19)28(31,32)33/h2,4-5,12-15,38H,3,6-11H2,1H3,(H2,34,35). The molecule has 234 valence electrons. The van der Waals surface area contributed by atoms with E-state index >= 15 is 4.39 Å². The lowest BCUT2D eigenvalue weighted by molar-refractivity contribution is -0.137. The van der Waals surface area contributed by atoms with Crippen molar-refractivity contribution in [3.8, 4) is 28.3 Å². The first-order valence-electron chi connectivity index (χ1n) is 13.3. The Kier molecular flexibility index (Phi) is 8.74. The van der Waals surface area contributed by atoms with Gasteiger partial charge in [-0.25, -0.2) is 27.8 Å². The molecule has 2 aromatic carbocycles. The van der Waals surface area contributed by atoms with E-state index in [0.717, 1.165) is 6.20 Å². The van der Waals surface area contributed by atoms with E-state index in [4.69, 9.17) is 15.2 Å². The van der Waals surface area contributed by atoms with Gasteiger partial charge in [0.05, 0.1) is 44.0 Å². The third-order valence-electron chi connectivity index (χ3n) is 6.87. The van der Waals surface area contributed by atoms with Crippen molar-refractivity contribution in [3.05, 3.63) is 54.0 Å². The molecule has 0 aliphatic carbocycles. The van der Waals surface area contributed by atoms with Crippen LogP contribution < -0.4 is 20.1 Å². The fraction of sp³-hybridized carbons (Fsp3) is 0.321. The zero-order chi connectivity index (χ0) is 31.6. The second kappa shape index (κ2) is 12.4. The van der Waals surface area contributed by atoms with Crippen LogP contribution in [0.3, 0.4) is 0 Å². The van der Waals surface area contributed by atoms with Crippen LogP contribution in [0.2, 0.25) is 0 Å². The van der Waals surface area contributed by atoms with Gasteiger partial charge in [0.1, 0.15) is 22.9 Å². The maximum Gasteiger partial charge on any atom is 0.417 e. The van der Waals surface area contributed by atoms with Crippen LogP contribution >= 0.6 is 0 Å². The van der Waals surface area contributed by atoms with Crippen LogP contribution in [0.1, 0.15) is 12.0 Å². The van der Waals surface area contributed by atoms with Crippen LogP contribution in [0, 0.1) is 5.82 Å². The predicted octanol–water partition coefficient (Wildman–Crippen LogP) is 5.05. The van der Waals surface area contributed by atoms with E-state index in [2.05, 4.69) is 19.7 Å². The van der Waals surface area contributed by atoms with Gasteiger partial charge in [-0.1, -0.05) is 12.1 Å². The molecule has 3 N–H and O–H groups in total. The number of hydrogen-bond acceptors (Lipinski definition) is 9. The Morgan fingerprint density at radius 2 is 1.86 bits per heavy atom. The molecular formula is C28H27F5N6O4S. The molecule has 5 rings (SSSR count). The van der Waals surface area contributed by atoms with Crippen molar-refractivity contribution >= 4 is 38.2 Å². The summed E-state index contributed by atoms with van der Waals surface area (Å²) < 4.78 is 108. The smallest absolute Gasteiger partial charge is 0.417 e. The zero-order valence-electron chi connectivity index (χ0n) is 23.3. The molecule has 1 saturated heterocycles. The van der Waals surface area contributed by atoms with Crippen molar-refractivity contribution in [2.24, 2.45) is 0 Å². The first kappa shape index (κ1) is 31.1. The summed E-state index contributed by atoms with van der Waals surface area (Å²) in [6.07, 6.45) is -4.08. The van der Waals surface area contributed by atoms with Crippen molar-refractivity contribution in [3.63, 3.8) is 0 Å². The highest BCUT2D eigenvalue weighted by Crippen LogP contribution is 2.41. The number of nitrogen functional groups attached to an aromatic ring is 1. The molecule has 0 amide bonds. The summed E-state index contributed by atoms with van der Waals surface area (Å²) >= 11 is 0. The van der Waals surface area contributed by atoms with Gasteiger partial charge in [-0.15, -0.1) is 0 Å². The first-order chi connectivity index (χ1) is 20.9. The summed E-state index contributed by atoms with van der Waals surface area (Å²) in [6, 6.07) is 7.80. The number of sulfonamides is 1. The first-order valence-corrected chi connectivity index (χ1v) is 15.0. The van der Waals surface area contributed by atoms with E-state index in [9.17, 15) is 26.0 Å². The highest BCUT2D eigenvalue weighted by atomic mass is 32.2. The van der Waals surface area contributed by atoms with Gasteiger partial charge in [0.25, 0.3) is 0 Å². The SMILES string of the molecule is COc1cc(-c2cccc(NS(=O)(=O)CCCF)c2F)cc2c(N3CCOCC3)nc(-c3cnc(N)cc3C(F)(F)F)nc12. The zero-order valence-corrected chi connectivity index (χ0v) is 24.1. The van der Waals surface area contributed by atoms with Gasteiger partial charge in [0.15, 0.2) is 11.6 Å². The van der Waals surface area contributed by atoms with Crippen LogP contribution in [0.4, 0.5) is 39.3 Å². The Labute approximate surface area is 249 Å². The highest BCUT2D eigenvalue weighted by molar-refractivity contribution is 7.92. The van der Waals surface area contributed by atoms with Gasteiger partial charge in [-0.3, -0.25) is 9.11 Å². The number of nitrogens with zero attached hydrogens (tertiary/aromatic N) is 4. The lowest BCUT2D eigenvalue weighted by Crippen LogP contribution is -2.37. The summed E-state index contributed by atoms with van der Waals surface area (Å²) in [6.45, 7) is 0.521. The molecule has 0 spiro atoms. The number of aromatic nitrogens is 3. The van der Waals surface area contributed by atoms with Crippen LogP contribution in [0.15, 0.2) is 42.6 Å². The number of nitrogens with one attached hydrogen (secondary N) is 1. The van der Waals surface area contributed by atoms with E-state index in [1.54, 1.807) is 6.07 Å². The van der Waals surface area contributed by atoms with E-state index < -0.39 is 45.6 Å². The molecular weight excluding hydrogens is 611 g/mol. The lowest BCUT2D eigenvalue weighted by atomic mass is 10.0. The average Bonchev–Trinajstić information content (AvgIpc) is 3.00. The molecule has 1 fully saturated rings. The second-order valence-corrected chi connectivity index (χ2v) is 11.7. The van der Waals surface area contributed by atoms with Crippen LogP contribution in [0.5, 0.6) is 5.75 Å². The monoisotopic (exact) mass is 638 g/mol. The normalized spacial score (nSPS) is 14.2. The molecule has 10 nitrogen and oxygen atoms in total. The Morgan fingerprint density at radius 1 is 1.11 bits per heavy atom. The number of alkyl halides is 4. The summed E-state index contributed by atoms with van der Waals surface area (Å²) in [7, 11) is -2.70. The maximum absolute atomic E-state index is 15.8. The summed E-state index contributed by atoms with van der Waals surface area (Å²) in [5, 5.41) is 0.343. The largest absolute Gasteiger partial charge is 0.494 e.